The van der Waals surface area contributed by atoms with Crippen LogP contribution in [-0.4, -0.2) is 38.9 Å². The van der Waals surface area contributed by atoms with E-state index in [1.165, 1.54) is 16.8 Å². The van der Waals surface area contributed by atoms with Gasteiger partial charge in [0, 0.05) is 5.69 Å². The molecule has 1 aliphatic rings. The Balaban J connectivity index is 1.40. The molecule has 0 bridgehead atoms. The van der Waals surface area contributed by atoms with Crippen LogP contribution in [-0.2, 0) is 41.7 Å². The fraction of sp³-hybridized carbons (Fsp3) is 0.393. The molecule has 2 aromatic carbocycles. The molecule has 4 rings (SSSR count). The van der Waals surface area contributed by atoms with Crippen molar-refractivity contribution in [1.82, 2.24) is 15.1 Å². The molecule has 0 aliphatic heterocycles. The Kier molecular flexibility index (Phi) is 9.01. The minimum absolute atomic E-state index is 0.124. The van der Waals surface area contributed by atoms with Crippen molar-refractivity contribution in [2.75, 3.05) is 0 Å². The third kappa shape index (κ3) is 7.66. The third-order valence-electron chi connectivity index (χ3n) is 6.74. The number of halogens is 4. The van der Waals surface area contributed by atoms with Gasteiger partial charge in [0.1, 0.15) is 12.4 Å². The highest BCUT2D eigenvalue weighted by atomic mass is 19.4. The van der Waals surface area contributed by atoms with Crippen molar-refractivity contribution in [1.29, 1.82) is 0 Å². The van der Waals surface area contributed by atoms with Gasteiger partial charge in [0.05, 0.1) is 24.3 Å². The molecule has 2 N–H and O–H groups in total. The van der Waals surface area contributed by atoms with E-state index in [1.54, 1.807) is 0 Å². The zero-order chi connectivity index (χ0) is 28.0. The predicted molar refractivity (Wildman–Crippen MR) is 133 cm³/mol. The molecule has 0 unspecified atom stereocenters. The van der Waals surface area contributed by atoms with E-state index < -0.39 is 23.5 Å². The van der Waals surface area contributed by atoms with Gasteiger partial charge < -0.3 is 15.2 Å². The second-order valence-corrected chi connectivity index (χ2v) is 9.59. The number of carboxylic acid groups (broad SMARTS) is 1. The number of nitrogens with zero attached hydrogens (tertiary/aromatic N) is 2. The molecule has 0 saturated heterocycles. The van der Waals surface area contributed by atoms with Gasteiger partial charge in [-0.1, -0.05) is 49.2 Å². The molecule has 0 spiro atoms. The molecule has 1 aliphatic carbocycles. The lowest BCUT2D eigenvalue weighted by atomic mass is 9.92. The van der Waals surface area contributed by atoms with Crippen LogP contribution in [0.3, 0.4) is 0 Å². The summed E-state index contributed by atoms with van der Waals surface area (Å²) in [5.74, 6) is -3.02. The van der Waals surface area contributed by atoms with E-state index in [0.29, 0.717) is 23.9 Å². The maximum atomic E-state index is 14.0. The number of nitrogens with one attached hydrogen (secondary N) is 1. The van der Waals surface area contributed by atoms with E-state index in [9.17, 15) is 32.3 Å². The van der Waals surface area contributed by atoms with E-state index in [0.717, 1.165) is 37.3 Å². The number of hydrogen-bond acceptors (Lipinski definition) is 4. The average molecular weight is 548 g/mol. The van der Waals surface area contributed by atoms with Gasteiger partial charge in [-0.15, -0.1) is 0 Å². The van der Waals surface area contributed by atoms with Crippen molar-refractivity contribution in [2.24, 2.45) is 0 Å². The van der Waals surface area contributed by atoms with Gasteiger partial charge in [0.25, 0.3) is 0 Å². The maximum absolute atomic E-state index is 14.0. The number of carbonyl (C=O) groups is 2. The van der Waals surface area contributed by atoms with E-state index in [2.05, 4.69) is 10.4 Å². The van der Waals surface area contributed by atoms with Crippen LogP contribution in [0.4, 0.5) is 17.6 Å². The molecule has 208 valence electrons. The number of amides is 1. The van der Waals surface area contributed by atoms with E-state index >= 15 is 0 Å². The molecule has 3 aromatic rings. The minimum atomic E-state index is -4.80. The number of benzene rings is 2. The summed E-state index contributed by atoms with van der Waals surface area (Å²) in [5.41, 5.74) is 0.107. The SMILES string of the molecule is O=C(Cn1nc(C(=O)O)cc1CCc1ccc(C(F)(F)F)c(F)c1)N[C@H]1CCCC[C@@H]1OCc1ccccc1. The zero-order valence-corrected chi connectivity index (χ0v) is 21.1. The molecule has 1 fully saturated rings. The molecule has 1 heterocycles. The Bertz CT molecular complexity index is 1290. The van der Waals surface area contributed by atoms with E-state index in [4.69, 9.17) is 4.74 Å². The first-order valence-corrected chi connectivity index (χ1v) is 12.7. The molecule has 1 saturated carbocycles. The lowest BCUT2D eigenvalue weighted by Gasteiger charge is -2.32. The van der Waals surface area contributed by atoms with Crippen LogP contribution < -0.4 is 5.32 Å². The Morgan fingerprint density at radius 2 is 1.77 bits per heavy atom. The van der Waals surface area contributed by atoms with Crippen molar-refractivity contribution in [3.05, 3.63) is 88.5 Å². The number of hydrogen-bond donors (Lipinski definition) is 2. The number of carbonyl (C=O) groups excluding carboxylic acids is 1. The predicted octanol–water partition coefficient (Wildman–Crippen LogP) is 5.17. The van der Waals surface area contributed by atoms with Crippen LogP contribution in [0, 0.1) is 5.82 Å². The van der Waals surface area contributed by atoms with Crippen LogP contribution >= 0.6 is 0 Å². The number of ether oxygens (including phenoxy) is 1. The summed E-state index contributed by atoms with van der Waals surface area (Å²) in [7, 11) is 0. The van der Waals surface area contributed by atoms with Crippen molar-refractivity contribution in [3.63, 3.8) is 0 Å². The highest BCUT2D eigenvalue weighted by Gasteiger charge is 2.34. The number of rotatable bonds is 10. The fourth-order valence-electron chi connectivity index (χ4n) is 4.74. The van der Waals surface area contributed by atoms with Gasteiger partial charge >= 0.3 is 12.1 Å². The van der Waals surface area contributed by atoms with Crippen LogP contribution in [0.5, 0.6) is 0 Å². The van der Waals surface area contributed by atoms with Gasteiger partial charge in [0.2, 0.25) is 5.91 Å². The summed E-state index contributed by atoms with van der Waals surface area (Å²) in [6.07, 6.45) is -1.21. The first-order valence-electron chi connectivity index (χ1n) is 12.7. The quantitative estimate of drug-likeness (QED) is 0.342. The standard InChI is InChI=1S/C28H29F4N3O4/c29-22-14-18(11-13-21(22)28(30,31)32)10-12-20-15-24(27(37)38)34-35(20)16-26(36)33-23-8-4-5-9-25(23)39-17-19-6-2-1-3-7-19/h1-3,6-7,11,13-15,23,25H,4-5,8-10,12,16-17H2,(H,33,36)(H,37,38)/t23-,25-/m0/s1. The van der Waals surface area contributed by atoms with Gasteiger partial charge in [-0.05, 0) is 55.0 Å². The monoisotopic (exact) mass is 547 g/mol. The third-order valence-corrected chi connectivity index (χ3v) is 6.74. The molecule has 11 heteroatoms. The van der Waals surface area contributed by atoms with Crippen LogP contribution in [0.25, 0.3) is 0 Å². The number of carboxylic acids is 1. The van der Waals surface area contributed by atoms with Gasteiger partial charge in [-0.3, -0.25) is 9.48 Å². The molecule has 2 atom stereocenters. The largest absolute Gasteiger partial charge is 0.476 e. The Labute approximate surface area is 222 Å². The smallest absolute Gasteiger partial charge is 0.419 e. The van der Waals surface area contributed by atoms with Crippen molar-refractivity contribution < 1.29 is 37.0 Å². The number of aryl methyl sites for hydroxylation is 2. The second kappa shape index (κ2) is 12.4. The van der Waals surface area contributed by atoms with Gasteiger partial charge in [-0.2, -0.15) is 18.3 Å². The lowest BCUT2D eigenvalue weighted by molar-refractivity contribution is -0.140. The highest BCUT2D eigenvalue weighted by Crippen LogP contribution is 2.31. The second-order valence-electron chi connectivity index (χ2n) is 9.59. The summed E-state index contributed by atoms with van der Waals surface area (Å²) in [5, 5.41) is 16.4. The maximum Gasteiger partial charge on any atom is 0.419 e. The van der Waals surface area contributed by atoms with Crippen LogP contribution in [0.1, 0.15) is 58.6 Å². The van der Waals surface area contributed by atoms with Crippen molar-refractivity contribution in [2.45, 2.75) is 70.0 Å². The summed E-state index contributed by atoms with van der Waals surface area (Å²) in [6, 6.07) is 13.5. The minimum Gasteiger partial charge on any atom is -0.476 e. The van der Waals surface area contributed by atoms with Gasteiger partial charge in [-0.25, -0.2) is 9.18 Å². The fourth-order valence-corrected chi connectivity index (χ4v) is 4.74. The molecule has 39 heavy (non-hydrogen) atoms. The number of alkyl halides is 3. The Hall–Kier alpha value is -3.73. The molecule has 0 radical (unpaired) electrons. The molecule has 1 amide bonds. The average Bonchev–Trinajstić information content (AvgIpc) is 3.29. The zero-order valence-electron chi connectivity index (χ0n) is 21.1. The number of aromatic nitrogens is 2. The highest BCUT2D eigenvalue weighted by molar-refractivity contribution is 5.85. The molecule has 1 aromatic heterocycles. The topological polar surface area (TPSA) is 93.5 Å². The first kappa shape index (κ1) is 28.3. The summed E-state index contributed by atoms with van der Waals surface area (Å²) in [6.45, 7) is 0.180. The summed E-state index contributed by atoms with van der Waals surface area (Å²) >= 11 is 0. The molecular weight excluding hydrogens is 518 g/mol. The summed E-state index contributed by atoms with van der Waals surface area (Å²) in [4.78, 5) is 24.5. The Morgan fingerprint density at radius 3 is 2.46 bits per heavy atom. The summed E-state index contributed by atoms with van der Waals surface area (Å²) < 4.78 is 59.9. The van der Waals surface area contributed by atoms with Gasteiger partial charge in [0.15, 0.2) is 5.69 Å². The normalized spacial score (nSPS) is 17.6. The van der Waals surface area contributed by atoms with Crippen molar-refractivity contribution >= 4 is 11.9 Å². The number of aromatic carboxylic acids is 1. The molecule has 7 nitrogen and oxygen atoms in total. The molecular formula is C28H29F4N3O4. The van der Waals surface area contributed by atoms with E-state index in [1.807, 2.05) is 30.3 Å². The van der Waals surface area contributed by atoms with Crippen LogP contribution in [0.15, 0.2) is 54.6 Å². The van der Waals surface area contributed by atoms with E-state index in [-0.39, 0.29) is 43.1 Å². The Morgan fingerprint density at radius 1 is 1.03 bits per heavy atom. The van der Waals surface area contributed by atoms with Crippen LogP contribution in [0.2, 0.25) is 0 Å². The first-order chi connectivity index (χ1) is 18.6. The lowest BCUT2D eigenvalue weighted by Crippen LogP contribution is -2.47. The van der Waals surface area contributed by atoms with Crippen molar-refractivity contribution in [3.8, 4) is 0 Å².